The van der Waals surface area contributed by atoms with Gasteiger partial charge in [-0.1, -0.05) is 18.3 Å². The summed E-state index contributed by atoms with van der Waals surface area (Å²) in [5.41, 5.74) is 1.03. The van der Waals surface area contributed by atoms with E-state index >= 15 is 0 Å². The van der Waals surface area contributed by atoms with Gasteiger partial charge in [0.25, 0.3) is 0 Å². The Balaban J connectivity index is 2.40. The number of nitrogens with zero attached hydrogens (tertiary/aromatic N) is 3. The van der Waals surface area contributed by atoms with Crippen LogP contribution in [0.15, 0.2) is 12.3 Å². The van der Waals surface area contributed by atoms with E-state index in [4.69, 9.17) is 12.2 Å². The zero-order valence-corrected chi connectivity index (χ0v) is 9.36. The summed E-state index contributed by atoms with van der Waals surface area (Å²) >= 11 is 6.46. The van der Waals surface area contributed by atoms with Crippen LogP contribution in [0.2, 0.25) is 0 Å². The number of aromatic nitrogens is 4. The third-order valence-corrected chi connectivity index (χ3v) is 2.92. The van der Waals surface area contributed by atoms with Crippen molar-refractivity contribution in [2.24, 2.45) is 0 Å². The number of hydrogen-bond donors (Lipinski definition) is 1. The second kappa shape index (κ2) is 4.02. The molecule has 0 spiro atoms. The zero-order chi connectivity index (χ0) is 9.97. The van der Waals surface area contributed by atoms with Crippen LogP contribution in [-0.4, -0.2) is 20.0 Å². The Morgan fingerprint density at radius 1 is 1.64 bits per heavy atom. The molecule has 0 aliphatic rings. The van der Waals surface area contributed by atoms with Gasteiger partial charge in [-0.3, -0.25) is 9.78 Å². The fraction of sp³-hybridized carbons (Fsp3) is 0.375. The van der Waals surface area contributed by atoms with Crippen molar-refractivity contribution in [2.45, 2.75) is 19.9 Å². The molecule has 2 rings (SSSR count). The second-order valence-electron chi connectivity index (χ2n) is 2.86. The van der Waals surface area contributed by atoms with Crippen molar-refractivity contribution >= 4 is 23.6 Å². The summed E-state index contributed by atoms with van der Waals surface area (Å²) < 4.78 is 2.64. The fourth-order valence-electron chi connectivity index (χ4n) is 1.24. The standard InChI is InChI=1S/C8H10N4S2/c1-2-5-12-6(3-4-9-12)7-10-11-8(13)14-7/h3-4H,2,5H2,1H3,(H,11,13). The number of nitrogens with one attached hydrogen (secondary N) is 1. The Bertz CT molecular complexity index is 467. The first-order chi connectivity index (χ1) is 6.81. The molecule has 1 N–H and O–H groups in total. The Labute approximate surface area is 90.6 Å². The minimum Gasteiger partial charge on any atom is -0.262 e. The van der Waals surface area contributed by atoms with Gasteiger partial charge in [0.05, 0.1) is 5.69 Å². The van der Waals surface area contributed by atoms with E-state index in [-0.39, 0.29) is 0 Å². The van der Waals surface area contributed by atoms with E-state index in [0.717, 1.165) is 23.7 Å². The Morgan fingerprint density at radius 3 is 3.14 bits per heavy atom. The molecule has 0 aromatic carbocycles. The van der Waals surface area contributed by atoms with Gasteiger partial charge >= 0.3 is 0 Å². The van der Waals surface area contributed by atoms with E-state index in [9.17, 15) is 0 Å². The molecule has 0 saturated carbocycles. The summed E-state index contributed by atoms with van der Waals surface area (Å²) in [5.74, 6) is 0. The fourth-order valence-corrected chi connectivity index (χ4v) is 2.16. The monoisotopic (exact) mass is 226 g/mol. The maximum absolute atomic E-state index is 4.99. The lowest BCUT2D eigenvalue weighted by atomic mass is 10.4. The molecule has 0 unspecified atom stereocenters. The van der Waals surface area contributed by atoms with Crippen molar-refractivity contribution in [2.75, 3.05) is 0 Å². The summed E-state index contributed by atoms with van der Waals surface area (Å²) in [7, 11) is 0. The topological polar surface area (TPSA) is 46.5 Å². The first kappa shape index (κ1) is 9.54. The van der Waals surface area contributed by atoms with Crippen LogP contribution >= 0.6 is 23.6 Å². The van der Waals surface area contributed by atoms with Gasteiger partial charge in [0, 0.05) is 12.7 Å². The lowest BCUT2D eigenvalue weighted by Gasteiger charge is -2.01. The Morgan fingerprint density at radius 2 is 2.50 bits per heavy atom. The van der Waals surface area contributed by atoms with Crippen molar-refractivity contribution < 1.29 is 0 Å². The summed E-state index contributed by atoms with van der Waals surface area (Å²) in [6, 6.07) is 1.96. The maximum Gasteiger partial charge on any atom is 0.176 e. The second-order valence-corrected chi connectivity index (χ2v) is 4.52. The molecule has 2 aromatic heterocycles. The highest BCUT2D eigenvalue weighted by Gasteiger charge is 2.07. The molecule has 0 aliphatic heterocycles. The minimum absolute atomic E-state index is 0.698. The molecule has 0 saturated heterocycles. The zero-order valence-electron chi connectivity index (χ0n) is 7.73. The number of rotatable bonds is 3. The molecule has 2 aromatic rings. The van der Waals surface area contributed by atoms with E-state index in [0.29, 0.717) is 3.95 Å². The molecule has 14 heavy (non-hydrogen) atoms. The number of H-pyrrole nitrogens is 1. The van der Waals surface area contributed by atoms with Gasteiger partial charge in [0.15, 0.2) is 8.96 Å². The number of aryl methyl sites for hydroxylation is 1. The van der Waals surface area contributed by atoms with Crippen LogP contribution in [0.25, 0.3) is 10.7 Å². The summed E-state index contributed by atoms with van der Waals surface area (Å²) in [6.45, 7) is 3.03. The van der Waals surface area contributed by atoms with Gasteiger partial charge in [-0.15, -0.1) is 0 Å². The van der Waals surface area contributed by atoms with Crippen molar-refractivity contribution in [3.63, 3.8) is 0 Å². The van der Waals surface area contributed by atoms with Gasteiger partial charge in [-0.25, -0.2) is 0 Å². The third kappa shape index (κ3) is 1.76. The smallest absolute Gasteiger partial charge is 0.176 e. The molecule has 0 radical (unpaired) electrons. The van der Waals surface area contributed by atoms with E-state index in [1.807, 2.05) is 10.7 Å². The molecule has 4 nitrogen and oxygen atoms in total. The average Bonchev–Trinajstić information content (AvgIpc) is 2.74. The van der Waals surface area contributed by atoms with Crippen LogP contribution in [0.4, 0.5) is 0 Å². The third-order valence-electron chi connectivity index (χ3n) is 1.81. The van der Waals surface area contributed by atoms with Crippen LogP contribution in [-0.2, 0) is 6.54 Å². The highest BCUT2D eigenvalue weighted by Crippen LogP contribution is 2.21. The quantitative estimate of drug-likeness (QED) is 0.818. The highest BCUT2D eigenvalue weighted by atomic mass is 32.1. The normalized spacial score (nSPS) is 10.6. The largest absolute Gasteiger partial charge is 0.262 e. The maximum atomic E-state index is 4.99. The van der Waals surface area contributed by atoms with Crippen LogP contribution in [0.5, 0.6) is 0 Å². The van der Waals surface area contributed by atoms with E-state index in [2.05, 4.69) is 22.2 Å². The summed E-state index contributed by atoms with van der Waals surface area (Å²) in [4.78, 5) is 0. The van der Waals surface area contributed by atoms with E-state index in [1.165, 1.54) is 11.3 Å². The first-order valence-corrected chi connectivity index (χ1v) is 5.61. The minimum atomic E-state index is 0.698. The van der Waals surface area contributed by atoms with Crippen LogP contribution in [0.3, 0.4) is 0 Å². The van der Waals surface area contributed by atoms with E-state index in [1.54, 1.807) is 6.20 Å². The lowest BCUT2D eigenvalue weighted by Crippen LogP contribution is -2.00. The average molecular weight is 226 g/mol. The van der Waals surface area contributed by atoms with Gasteiger partial charge in [0.2, 0.25) is 0 Å². The molecule has 74 valence electrons. The van der Waals surface area contributed by atoms with E-state index < -0.39 is 0 Å². The Kier molecular flexibility index (Phi) is 2.74. The van der Waals surface area contributed by atoms with Crippen LogP contribution in [0.1, 0.15) is 13.3 Å². The van der Waals surface area contributed by atoms with Crippen molar-refractivity contribution in [3.8, 4) is 10.7 Å². The SMILES string of the molecule is CCCn1nccc1-c1n[nH]c(=S)s1. The van der Waals surface area contributed by atoms with Crippen molar-refractivity contribution in [1.29, 1.82) is 0 Å². The molecule has 0 atom stereocenters. The van der Waals surface area contributed by atoms with Crippen molar-refractivity contribution in [3.05, 3.63) is 16.2 Å². The molecule has 0 amide bonds. The van der Waals surface area contributed by atoms with Crippen LogP contribution in [0, 0.1) is 3.95 Å². The number of aromatic amines is 1. The molecule has 0 bridgehead atoms. The van der Waals surface area contributed by atoms with Gasteiger partial charge in [-0.2, -0.15) is 10.2 Å². The van der Waals surface area contributed by atoms with Gasteiger partial charge < -0.3 is 0 Å². The summed E-state index contributed by atoms with van der Waals surface area (Å²) in [5, 5.41) is 12.0. The number of hydrogen-bond acceptors (Lipinski definition) is 4. The highest BCUT2D eigenvalue weighted by molar-refractivity contribution is 7.73. The van der Waals surface area contributed by atoms with Crippen molar-refractivity contribution in [1.82, 2.24) is 20.0 Å². The summed E-state index contributed by atoms with van der Waals surface area (Å²) in [6.07, 6.45) is 2.85. The molecule has 0 fully saturated rings. The molecular formula is C8H10N4S2. The van der Waals surface area contributed by atoms with Crippen LogP contribution < -0.4 is 0 Å². The van der Waals surface area contributed by atoms with Gasteiger partial charge in [0.1, 0.15) is 0 Å². The van der Waals surface area contributed by atoms with Gasteiger partial charge in [-0.05, 0) is 24.7 Å². The Hall–Kier alpha value is -1.01. The lowest BCUT2D eigenvalue weighted by molar-refractivity contribution is 0.608. The first-order valence-electron chi connectivity index (χ1n) is 4.39. The predicted molar refractivity (Wildman–Crippen MR) is 58.8 cm³/mol. The molecule has 2 heterocycles. The molecular weight excluding hydrogens is 216 g/mol. The molecule has 0 aliphatic carbocycles. The molecule has 6 heteroatoms. The predicted octanol–water partition coefficient (Wildman–Crippen LogP) is 2.47.